The molecule has 0 radical (unpaired) electrons. The van der Waals surface area contributed by atoms with Gasteiger partial charge in [-0.2, -0.15) is 5.10 Å². The maximum atomic E-state index is 14.9. The molecule has 0 atom stereocenters. The second-order valence-electron chi connectivity index (χ2n) is 8.21. The van der Waals surface area contributed by atoms with Crippen LogP contribution in [0.2, 0.25) is 5.02 Å². The first kappa shape index (κ1) is 22.7. The van der Waals surface area contributed by atoms with E-state index in [0.717, 1.165) is 16.5 Å². The Morgan fingerprint density at radius 2 is 1.94 bits per heavy atom. The Labute approximate surface area is 205 Å². The summed E-state index contributed by atoms with van der Waals surface area (Å²) in [6.07, 6.45) is 0.793. The number of halogens is 2. The second kappa shape index (κ2) is 9.31. The molecular weight excluding hydrogens is 469 g/mol. The molecular formula is C26H21ClFN5O2. The number of aliphatic imine (C=N–C) groups is 1. The standard InChI is InChI=1S/C26H21ClFN5O2/c1-2-29-26(35)31-24-13-19-20(27)11-15(12-22(19)30-24)18-9-14(7-8-21(18)28)10-23-16-5-3-4-6-17(16)25(34)33-32-23/h3-9,11-12H,2,10,13H2,1H3,(H,33,34)(H2,29,30,31,35). The topological polar surface area (TPSA) is 99.2 Å². The molecule has 0 saturated heterocycles. The van der Waals surface area contributed by atoms with Crippen molar-refractivity contribution in [3.05, 3.63) is 92.6 Å². The molecule has 1 aliphatic heterocycles. The molecule has 0 spiro atoms. The molecule has 4 aromatic rings. The predicted molar refractivity (Wildman–Crippen MR) is 135 cm³/mol. The second-order valence-corrected chi connectivity index (χ2v) is 8.62. The minimum atomic E-state index is -0.397. The number of amides is 2. The van der Waals surface area contributed by atoms with Gasteiger partial charge < -0.3 is 5.32 Å². The van der Waals surface area contributed by atoms with Crippen molar-refractivity contribution in [3.63, 3.8) is 0 Å². The van der Waals surface area contributed by atoms with E-state index in [1.54, 1.807) is 36.4 Å². The molecule has 0 unspecified atom stereocenters. The molecule has 5 rings (SSSR count). The van der Waals surface area contributed by atoms with Gasteiger partial charge in [-0.1, -0.05) is 35.9 Å². The Kier molecular flexibility index (Phi) is 6.05. The minimum Gasteiger partial charge on any atom is -0.338 e. The van der Waals surface area contributed by atoms with Crippen molar-refractivity contribution < 1.29 is 9.18 Å². The lowest BCUT2D eigenvalue weighted by Crippen LogP contribution is -2.39. The van der Waals surface area contributed by atoms with Gasteiger partial charge in [0.15, 0.2) is 0 Å². The van der Waals surface area contributed by atoms with Gasteiger partial charge >= 0.3 is 6.03 Å². The summed E-state index contributed by atoms with van der Waals surface area (Å²) in [5.41, 5.74) is 3.59. The number of hydrogen-bond donors (Lipinski definition) is 3. The number of H-pyrrole nitrogens is 1. The number of carbonyl (C=O) groups is 1. The van der Waals surface area contributed by atoms with E-state index in [4.69, 9.17) is 11.6 Å². The molecule has 1 aliphatic rings. The number of hydrogen-bond acceptors (Lipinski definition) is 4. The van der Waals surface area contributed by atoms with Crippen LogP contribution in [0.1, 0.15) is 23.7 Å². The molecule has 176 valence electrons. The molecule has 7 nitrogen and oxygen atoms in total. The third-order valence-corrected chi connectivity index (χ3v) is 6.19. The SMILES string of the molecule is CCNC(=O)NC1=Nc2cc(-c3cc(Cc4n[nH]c(=O)c5ccccc45)ccc3F)cc(Cl)c2C1. The summed E-state index contributed by atoms with van der Waals surface area (Å²) in [5.74, 6) is 0.0851. The van der Waals surface area contributed by atoms with Crippen LogP contribution in [0.15, 0.2) is 64.4 Å². The number of urea groups is 1. The molecule has 35 heavy (non-hydrogen) atoms. The molecule has 9 heteroatoms. The average Bonchev–Trinajstić information content (AvgIpc) is 3.25. The van der Waals surface area contributed by atoms with Crippen molar-refractivity contribution in [2.24, 2.45) is 4.99 Å². The van der Waals surface area contributed by atoms with Gasteiger partial charge in [-0.05, 0) is 48.4 Å². The van der Waals surface area contributed by atoms with E-state index in [1.807, 2.05) is 19.1 Å². The van der Waals surface area contributed by atoms with Gasteiger partial charge in [-0.15, -0.1) is 0 Å². The zero-order valence-corrected chi connectivity index (χ0v) is 19.5. The average molecular weight is 490 g/mol. The van der Waals surface area contributed by atoms with Crippen LogP contribution in [-0.4, -0.2) is 28.6 Å². The van der Waals surface area contributed by atoms with Crippen molar-refractivity contribution in [2.45, 2.75) is 19.8 Å². The third-order valence-electron chi connectivity index (χ3n) is 5.86. The van der Waals surface area contributed by atoms with Crippen molar-refractivity contribution in [2.75, 3.05) is 6.54 Å². The summed E-state index contributed by atoms with van der Waals surface area (Å²) < 4.78 is 14.9. The summed E-state index contributed by atoms with van der Waals surface area (Å²) in [6, 6.07) is 15.2. The number of aromatic amines is 1. The highest BCUT2D eigenvalue weighted by atomic mass is 35.5. The Morgan fingerprint density at radius 3 is 2.74 bits per heavy atom. The highest BCUT2D eigenvalue weighted by Gasteiger charge is 2.21. The zero-order chi connectivity index (χ0) is 24.5. The van der Waals surface area contributed by atoms with Gasteiger partial charge in [0.25, 0.3) is 5.56 Å². The lowest BCUT2D eigenvalue weighted by atomic mass is 9.97. The predicted octanol–water partition coefficient (Wildman–Crippen LogP) is 4.88. The zero-order valence-electron chi connectivity index (χ0n) is 18.8. The summed E-state index contributed by atoms with van der Waals surface area (Å²) in [6.45, 7) is 2.32. The van der Waals surface area contributed by atoms with Crippen LogP contribution >= 0.6 is 11.6 Å². The summed E-state index contributed by atoms with van der Waals surface area (Å²) in [5, 5.41) is 13.9. The van der Waals surface area contributed by atoms with Crippen molar-refractivity contribution in [1.29, 1.82) is 0 Å². The third kappa shape index (κ3) is 4.52. The molecule has 1 aromatic heterocycles. The van der Waals surface area contributed by atoms with Crippen molar-refractivity contribution in [1.82, 2.24) is 20.8 Å². The number of benzene rings is 3. The summed E-state index contributed by atoms with van der Waals surface area (Å²) in [4.78, 5) is 28.4. The van der Waals surface area contributed by atoms with E-state index >= 15 is 0 Å². The normalized spacial score (nSPS) is 12.4. The first-order chi connectivity index (χ1) is 16.9. The van der Waals surface area contributed by atoms with Gasteiger partial charge in [0, 0.05) is 40.9 Å². The number of nitrogens with one attached hydrogen (secondary N) is 3. The fraction of sp³-hybridized carbons (Fsp3) is 0.154. The lowest BCUT2D eigenvalue weighted by molar-refractivity contribution is 0.245. The molecule has 0 saturated carbocycles. The van der Waals surface area contributed by atoms with Crippen LogP contribution in [0.5, 0.6) is 0 Å². The smallest absolute Gasteiger partial charge is 0.320 e. The van der Waals surface area contributed by atoms with Gasteiger partial charge in [0.1, 0.15) is 11.7 Å². The Hall–Kier alpha value is -4.04. The van der Waals surface area contributed by atoms with Crippen LogP contribution in [0.25, 0.3) is 21.9 Å². The van der Waals surface area contributed by atoms with E-state index < -0.39 is 5.82 Å². The molecule has 2 heterocycles. The Balaban J connectivity index is 1.48. The quantitative estimate of drug-likeness (QED) is 0.381. The van der Waals surface area contributed by atoms with E-state index in [2.05, 4.69) is 25.8 Å². The monoisotopic (exact) mass is 489 g/mol. The number of aromatic nitrogens is 2. The maximum absolute atomic E-state index is 14.9. The van der Waals surface area contributed by atoms with E-state index in [-0.39, 0.29) is 11.6 Å². The van der Waals surface area contributed by atoms with Crippen LogP contribution in [0, 0.1) is 5.82 Å². The van der Waals surface area contributed by atoms with Gasteiger partial charge in [-0.25, -0.2) is 19.3 Å². The fourth-order valence-electron chi connectivity index (χ4n) is 4.22. The molecule has 3 aromatic carbocycles. The minimum absolute atomic E-state index is 0.251. The molecule has 2 amide bonds. The Bertz CT molecular complexity index is 1560. The van der Waals surface area contributed by atoms with Crippen molar-refractivity contribution in [3.8, 4) is 11.1 Å². The molecule has 3 N–H and O–H groups in total. The van der Waals surface area contributed by atoms with Gasteiger partial charge in [0.05, 0.1) is 16.8 Å². The molecule has 0 aliphatic carbocycles. The highest BCUT2D eigenvalue weighted by Crippen LogP contribution is 2.38. The number of amidine groups is 1. The summed E-state index contributed by atoms with van der Waals surface area (Å²) >= 11 is 6.52. The number of carbonyl (C=O) groups excluding carboxylic acids is 1. The van der Waals surface area contributed by atoms with Crippen LogP contribution < -0.4 is 16.2 Å². The molecule has 0 fully saturated rings. The number of rotatable bonds is 4. The Morgan fingerprint density at radius 1 is 1.14 bits per heavy atom. The van der Waals surface area contributed by atoms with E-state index in [1.165, 1.54) is 6.07 Å². The maximum Gasteiger partial charge on any atom is 0.320 e. The van der Waals surface area contributed by atoms with E-state index in [0.29, 0.717) is 58.1 Å². The van der Waals surface area contributed by atoms with Gasteiger partial charge in [-0.3, -0.25) is 10.1 Å². The number of fused-ring (bicyclic) bond motifs is 2. The summed E-state index contributed by atoms with van der Waals surface area (Å²) in [7, 11) is 0. The molecule has 0 bridgehead atoms. The van der Waals surface area contributed by atoms with E-state index in [9.17, 15) is 14.0 Å². The van der Waals surface area contributed by atoms with Crippen LogP contribution in [0.4, 0.5) is 14.9 Å². The largest absolute Gasteiger partial charge is 0.338 e. The first-order valence-corrected chi connectivity index (χ1v) is 11.5. The van der Waals surface area contributed by atoms with Gasteiger partial charge in [0.2, 0.25) is 0 Å². The highest BCUT2D eigenvalue weighted by molar-refractivity contribution is 6.32. The van der Waals surface area contributed by atoms with Crippen LogP contribution in [0.3, 0.4) is 0 Å². The lowest BCUT2D eigenvalue weighted by Gasteiger charge is -2.11. The van der Waals surface area contributed by atoms with Crippen molar-refractivity contribution >= 4 is 39.9 Å². The fourth-order valence-corrected chi connectivity index (χ4v) is 4.50. The number of nitrogens with zero attached hydrogens (tertiary/aromatic N) is 2. The first-order valence-electron chi connectivity index (χ1n) is 11.1. The van der Waals surface area contributed by atoms with Crippen LogP contribution in [-0.2, 0) is 12.8 Å².